The molecule has 1 atom stereocenters. The van der Waals surface area contributed by atoms with Crippen LogP contribution in [0.5, 0.6) is 0 Å². The Balaban J connectivity index is 2.16. The topological polar surface area (TPSA) is 37.4 Å². The molecule has 2 rings (SSSR count). The summed E-state index contributed by atoms with van der Waals surface area (Å²) in [5.74, 6) is 0. The van der Waals surface area contributed by atoms with Gasteiger partial charge in [0.2, 0.25) is 0 Å². The van der Waals surface area contributed by atoms with Gasteiger partial charge in [-0.1, -0.05) is 35.9 Å². The molecule has 0 heterocycles. The molecule has 0 amide bonds. The van der Waals surface area contributed by atoms with E-state index in [4.69, 9.17) is 0 Å². The summed E-state index contributed by atoms with van der Waals surface area (Å²) in [7, 11) is -1.04. The minimum Gasteiger partial charge on any atom is -0.295 e. The van der Waals surface area contributed by atoms with Crippen LogP contribution in [0.3, 0.4) is 0 Å². The van der Waals surface area contributed by atoms with E-state index in [1.54, 1.807) is 12.1 Å². The van der Waals surface area contributed by atoms with Gasteiger partial charge in [-0.25, -0.2) is 8.42 Å². The second-order valence-electron chi connectivity index (χ2n) is 6.36. The molecule has 0 aromatic heterocycles. The van der Waals surface area contributed by atoms with Gasteiger partial charge in [0.15, 0.2) is 9.84 Å². The van der Waals surface area contributed by atoms with Crippen molar-refractivity contribution in [1.82, 2.24) is 4.90 Å². The molecule has 0 aliphatic rings. The zero-order valence-electron chi connectivity index (χ0n) is 14.5. The Hall–Kier alpha value is -1.65. The number of rotatable bonds is 5. The van der Waals surface area contributed by atoms with Crippen LogP contribution < -0.4 is 0 Å². The lowest BCUT2D eigenvalue weighted by Gasteiger charge is -2.26. The first-order valence-corrected chi connectivity index (χ1v) is 9.64. The summed E-state index contributed by atoms with van der Waals surface area (Å²) < 4.78 is 23.1. The van der Waals surface area contributed by atoms with Crippen molar-refractivity contribution in [3.63, 3.8) is 0 Å². The highest BCUT2D eigenvalue weighted by Gasteiger charge is 2.14. The molecule has 0 aliphatic heterocycles. The first kappa shape index (κ1) is 17.7. The number of hydrogen-bond donors (Lipinski definition) is 0. The van der Waals surface area contributed by atoms with Crippen LogP contribution in [0, 0.1) is 13.8 Å². The summed E-state index contributed by atoms with van der Waals surface area (Å²) in [6.45, 7) is 7.24. The SMILES string of the molecule is Cc1ccc(C)c(CN(C)C(C)c2ccc(S(C)(=O)=O)cc2)c1. The van der Waals surface area contributed by atoms with Crippen LogP contribution in [0.25, 0.3) is 0 Å². The smallest absolute Gasteiger partial charge is 0.175 e. The maximum atomic E-state index is 11.5. The van der Waals surface area contributed by atoms with Crippen LogP contribution in [0.1, 0.15) is 35.2 Å². The third-order valence-corrected chi connectivity index (χ3v) is 5.50. The molecule has 0 fully saturated rings. The van der Waals surface area contributed by atoms with Gasteiger partial charge in [0.25, 0.3) is 0 Å². The molecule has 23 heavy (non-hydrogen) atoms. The molecule has 0 saturated carbocycles. The quantitative estimate of drug-likeness (QED) is 0.834. The van der Waals surface area contributed by atoms with E-state index in [0.29, 0.717) is 4.90 Å². The minimum atomic E-state index is -3.14. The lowest BCUT2D eigenvalue weighted by Crippen LogP contribution is -2.22. The van der Waals surface area contributed by atoms with Gasteiger partial charge in [0.05, 0.1) is 4.90 Å². The van der Waals surface area contributed by atoms with Crippen molar-refractivity contribution in [3.8, 4) is 0 Å². The zero-order chi connectivity index (χ0) is 17.2. The van der Waals surface area contributed by atoms with Gasteiger partial charge >= 0.3 is 0 Å². The van der Waals surface area contributed by atoms with Crippen LogP contribution >= 0.6 is 0 Å². The number of hydrogen-bond acceptors (Lipinski definition) is 3. The van der Waals surface area contributed by atoms with E-state index >= 15 is 0 Å². The summed E-state index contributed by atoms with van der Waals surface area (Å²) in [5, 5.41) is 0. The lowest BCUT2D eigenvalue weighted by molar-refractivity contribution is 0.252. The first-order valence-electron chi connectivity index (χ1n) is 7.75. The highest BCUT2D eigenvalue weighted by atomic mass is 32.2. The Labute approximate surface area is 139 Å². The van der Waals surface area contributed by atoms with Crippen molar-refractivity contribution in [1.29, 1.82) is 0 Å². The summed E-state index contributed by atoms with van der Waals surface area (Å²) in [6.07, 6.45) is 1.23. The molecular formula is C19H25NO2S. The Morgan fingerprint density at radius 1 is 1.04 bits per heavy atom. The van der Waals surface area contributed by atoms with Crippen LogP contribution in [-0.2, 0) is 16.4 Å². The Morgan fingerprint density at radius 3 is 2.22 bits per heavy atom. The lowest BCUT2D eigenvalue weighted by atomic mass is 10.0. The molecule has 0 radical (unpaired) electrons. The molecule has 4 heteroatoms. The number of aryl methyl sites for hydroxylation is 2. The molecule has 3 nitrogen and oxygen atoms in total. The van der Waals surface area contributed by atoms with Crippen molar-refractivity contribution in [2.75, 3.05) is 13.3 Å². The minimum absolute atomic E-state index is 0.212. The fraction of sp³-hybridized carbons (Fsp3) is 0.368. The van der Waals surface area contributed by atoms with E-state index < -0.39 is 9.84 Å². The van der Waals surface area contributed by atoms with E-state index in [0.717, 1.165) is 12.1 Å². The van der Waals surface area contributed by atoms with E-state index in [1.165, 1.54) is 22.9 Å². The van der Waals surface area contributed by atoms with E-state index in [2.05, 4.69) is 50.9 Å². The maximum absolute atomic E-state index is 11.5. The Morgan fingerprint density at radius 2 is 1.65 bits per heavy atom. The van der Waals surface area contributed by atoms with Gasteiger partial charge in [-0.3, -0.25) is 4.90 Å². The van der Waals surface area contributed by atoms with Crippen molar-refractivity contribution >= 4 is 9.84 Å². The molecular weight excluding hydrogens is 306 g/mol. The molecule has 2 aromatic rings. The summed E-state index contributed by atoms with van der Waals surface area (Å²) >= 11 is 0. The average Bonchev–Trinajstić information content (AvgIpc) is 2.49. The molecule has 124 valence electrons. The second kappa shape index (κ2) is 6.85. The van der Waals surface area contributed by atoms with E-state index in [9.17, 15) is 8.42 Å². The molecule has 0 bridgehead atoms. The van der Waals surface area contributed by atoms with Gasteiger partial charge in [0, 0.05) is 18.8 Å². The third kappa shape index (κ3) is 4.43. The van der Waals surface area contributed by atoms with Gasteiger partial charge in [-0.15, -0.1) is 0 Å². The largest absolute Gasteiger partial charge is 0.295 e. The van der Waals surface area contributed by atoms with Crippen LogP contribution in [0.15, 0.2) is 47.4 Å². The highest BCUT2D eigenvalue weighted by Crippen LogP contribution is 2.23. The van der Waals surface area contributed by atoms with Crippen LogP contribution in [0.2, 0.25) is 0 Å². The fourth-order valence-electron chi connectivity index (χ4n) is 2.62. The average molecular weight is 331 g/mol. The van der Waals surface area contributed by atoms with Gasteiger partial charge < -0.3 is 0 Å². The second-order valence-corrected chi connectivity index (χ2v) is 8.38. The predicted octanol–water partition coefficient (Wildman–Crippen LogP) is 3.90. The third-order valence-electron chi connectivity index (χ3n) is 4.38. The molecule has 0 spiro atoms. The number of sulfone groups is 1. The molecule has 1 unspecified atom stereocenters. The van der Waals surface area contributed by atoms with Gasteiger partial charge in [-0.2, -0.15) is 0 Å². The zero-order valence-corrected chi connectivity index (χ0v) is 15.3. The normalized spacial score (nSPS) is 13.3. The summed E-state index contributed by atoms with van der Waals surface area (Å²) in [4.78, 5) is 2.64. The van der Waals surface area contributed by atoms with Crippen LogP contribution in [-0.4, -0.2) is 26.6 Å². The van der Waals surface area contributed by atoms with Crippen molar-refractivity contribution in [2.24, 2.45) is 0 Å². The molecule has 2 aromatic carbocycles. The summed E-state index contributed by atoms with van der Waals surface area (Å²) in [5.41, 5.74) is 5.00. The molecule has 0 saturated heterocycles. The standard InChI is InChI=1S/C19H25NO2S/c1-14-6-7-15(2)18(12-14)13-20(4)16(3)17-8-10-19(11-9-17)23(5,21)22/h6-12,16H,13H2,1-5H3. The van der Waals surface area contributed by atoms with Crippen molar-refractivity contribution < 1.29 is 8.42 Å². The number of benzene rings is 2. The Bertz CT molecular complexity index is 780. The predicted molar refractivity (Wildman–Crippen MR) is 95.3 cm³/mol. The molecule has 0 aliphatic carbocycles. The summed E-state index contributed by atoms with van der Waals surface area (Å²) in [6, 6.07) is 13.9. The Kier molecular flexibility index (Phi) is 5.27. The highest BCUT2D eigenvalue weighted by molar-refractivity contribution is 7.90. The van der Waals surface area contributed by atoms with Crippen molar-refractivity contribution in [2.45, 2.75) is 38.3 Å². The van der Waals surface area contributed by atoms with E-state index in [-0.39, 0.29) is 6.04 Å². The monoisotopic (exact) mass is 331 g/mol. The van der Waals surface area contributed by atoms with Crippen LogP contribution in [0.4, 0.5) is 0 Å². The fourth-order valence-corrected chi connectivity index (χ4v) is 3.25. The first-order chi connectivity index (χ1) is 10.7. The van der Waals surface area contributed by atoms with Gasteiger partial charge in [-0.05, 0) is 56.6 Å². The molecule has 0 N–H and O–H groups in total. The maximum Gasteiger partial charge on any atom is 0.175 e. The van der Waals surface area contributed by atoms with Crippen molar-refractivity contribution in [3.05, 3.63) is 64.7 Å². The van der Waals surface area contributed by atoms with E-state index in [1.807, 2.05) is 12.1 Å². The van der Waals surface area contributed by atoms with Gasteiger partial charge in [0.1, 0.15) is 0 Å². The number of nitrogens with zero attached hydrogens (tertiary/aromatic N) is 1.